The predicted octanol–water partition coefficient (Wildman–Crippen LogP) is 7.29. The van der Waals surface area contributed by atoms with Gasteiger partial charge in [-0.05, 0) is 31.6 Å². The minimum Gasteiger partial charge on any atom is -0.461 e. The van der Waals surface area contributed by atoms with Gasteiger partial charge in [0.2, 0.25) is 0 Å². The third-order valence-electron chi connectivity index (χ3n) is 7.05. The van der Waals surface area contributed by atoms with Crippen LogP contribution in [0.4, 0.5) is 0 Å². The summed E-state index contributed by atoms with van der Waals surface area (Å²) in [5.41, 5.74) is 2.80. The van der Waals surface area contributed by atoms with Crippen molar-refractivity contribution in [3.63, 3.8) is 0 Å². The Hall–Kier alpha value is -1.14. The molecule has 1 saturated heterocycles. The number of hydroxylamine groups is 1. The van der Waals surface area contributed by atoms with E-state index in [9.17, 15) is 9.59 Å². The Bertz CT molecular complexity index is 553. The molecule has 0 bridgehead atoms. The van der Waals surface area contributed by atoms with Gasteiger partial charge in [0.1, 0.15) is 18.2 Å². The van der Waals surface area contributed by atoms with E-state index in [1.54, 1.807) is 0 Å². The van der Waals surface area contributed by atoms with Gasteiger partial charge in [0.25, 0.3) is 0 Å². The van der Waals surface area contributed by atoms with Gasteiger partial charge < -0.3 is 14.3 Å². The molecule has 0 saturated carbocycles. The highest BCUT2D eigenvalue weighted by molar-refractivity contribution is 5.78. The fourth-order valence-corrected chi connectivity index (χ4v) is 4.92. The first kappa shape index (κ1) is 31.9. The number of unbranched alkanes of at least 4 members (excludes halogenated alkanes) is 11. The molecule has 0 aromatic rings. The summed E-state index contributed by atoms with van der Waals surface area (Å²) < 4.78 is 11.5. The van der Waals surface area contributed by atoms with Crippen LogP contribution >= 0.6 is 0 Å². The number of cyclic esters (lactones) is 1. The molecule has 1 fully saturated rings. The van der Waals surface area contributed by atoms with Crippen molar-refractivity contribution in [1.29, 1.82) is 0 Å². The number of nitrogens with one attached hydrogen (secondary N) is 1. The summed E-state index contributed by atoms with van der Waals surface area (Å²) in [7, 11) is 1.53. The van der Waals surface area contributed by atoms with E-state index in [4.69, 9.17) is 14.3 Å². The molecule has 1 rings (SSSR count). The van der Waals surface area contributed by atoms with E-state index in [0.29, 0.717) is 18.8 Å². The molecule has 1 heterocycles. The van der Waals surface area contributed by atoms with Crippen LogP contribution in [0.25, 0.3) is 0 Å². The van der Waals surface area contributed by atoms with Gasteiger partial charge in [0, 0.05) is 6.42 Å². The third kappa shape index (κ3) is 14.3. The Labute approximate surface area is 215 Å². The summed E-state index contributed by atoms with van der Waals surface area (Å²) in [5.74, 6) is -0.0594. The van der Waals surface area contributed by atoms with Crippen molar-refractivity contribution in [2.24, 2.45) is 11.8 Å². The SMILES string of the molecule is CCCCCCCCCCCC(CC1OC(=O)[C@H]1CCCCCC)OC(=O)[C@@H](CC(C)C)NOC. The van der Waals surface area contributed by atoms with E-state index in [-0.39, 0.29) is 30.1 Å². The number of rotatable bonds is 23. The molecular weight excluding hydrogens is 442 g/mol. The van der Waals surface area contributed by atoms with Gasteiger partial charge in [-0.1, -0.05) is 105 Å². The first-order valence-corrected chi connectivity index (χ1v) is 14.6. The molecule has 35 heavy (non-hydrogen) atoms. The lowest BCUT2D eigenvalue weighted by Crippen LogP contribution is -2.48. The summed E-state index contributed by atoms with van der Waals surface area (Å²) >= 11 is 0. The van der Waals surface area contributed by atoms with Crippen LogP contribution in [0.15, 0.2) is 0 Å². The Morgan fingerprint density at radius 3 is 2.03 bits per heavy atom. The molecule has 1 aliphatic rings. The van der Waals surface area contributed by atoms with Crippen molar-refractivity contribution in [1.82, 2.24) is 5.48 Å². The van der Waals surface area contributed by atoms with Gasteiger partial charge in [0.05, 0.1) is 13.0 Å². The minimum atomic E-state index is -0.487. The van der Waals surface area contributed by atoms with Crippen molar-refractivity contribution < 1.29 is 23.9 Å². The highest BCUT2D eigenvalue weighted by Gasteiger charge is 2.43. The van der Waals surface area contributed by atoms with Gasteiger partial charge in [-0.2, -0.15) is 5.48 Å². The predicted molar refractivity (Wildman–Crippen MR) is 142 cm³/mol. The van der Waals surface area contributed by atoms with Crippen molar-refractivity contribution in [3.8, 4) is 0 Å². The quantitative estimate of drug-likeness (QED) is 0.0908. The topological polar surface area (TPSA) is 73.9 Å². The molecular formula is C29H55NO5. The Kier molecular flexibility index (Phi) is 18.2. The van der Waals surface area contributed by atoms with Crippen LogP contribution in [0.3, 0.4) is 0 Å². The van der Waals surface area contributed by atoms with E-state index < -0.39 is 6.04 Å². The third-order valence-corrected chi connectivity index (χ3v) is 7.05. The van der Waals surface area contributed by atoms with Crippen LogP contribution in [0, 0.1) is 11.8 Å². The summed E-state index contributed by atoms with van der Waals surface area (Å²) in [4.78, 5) is 30.1. The van der Waals surface area contributed by atoms with Gasteiger partial charge in [-0.3, -0.25) is 9.59 Å². The number of carbonyl (C=O) groups excluding carboxylic acids is 2. The van der Waals surface area contributed by atoms with Gasteiger partial charge in [-0.15, -0.1) is 0 Å². The summed E-state index contributed by atoms with van der Waals surface area (Å²) in [6, 6.07) is -0.487. The largest absolute Gasteiger partial charge is 0.461 e. The van der Waals surface area contributed by atoms with Crippen LogP contribution in [-0.2, 0) is 23.9 Å². The molecule has 0 radical (unpaired) electrons. The normalized spacial score (nSPS) is 19.3. The average molecular weight is 498 g/mol. The maximum Gasteiger partial charge on any atom is 0.325 e. The Balaban J connectivity index is 2.57. The molecule has 4 atom stereocenters. The van der Waals surface area contributed by atoms with E-state index in [1.807, 2.05) is 0 Å². The lowest BCUT2D eigenvalue weighted by atomic mass is 9.86. The van der Waals surface area contributed by atoms with Gasteiger partial charge in [-0.25, -0.2) is 0 Å². The van der Waals surface area contributed by atoms with Gasteiger partial charge in [0.15, 0.2) is 0 Å². The van der Waals surface area contributed by atoms with Crippen LogP contribution < -0.4 is 5.48 Å². The van der Waals surface area contributed by atoms with Crippen molar-refractivity contribution in [2.45, 2.75) is 155 Å². The lowest BCUT2D eigenvalue weighted by molar-refractivity contribution is -0.190. The van der Waals surface area contributed by atoms with Crippen molar-refractivity contribution >= 4 is 11.9 Å². The smallest absolute Gasteiger partial charge is 0.325 e. The molecule has 0 spiro atoms. The molecule has 0 amide bonds. The number of hydrogen-bond donors (Lipinski definition) is 1. The van der Waals surface area contributed by atoms with Crippen LogP contribution in [0.5, 0.6) is 0 Å². The molecule has 1 aliphatic heterocycles. The van der Waals surface area contributed by atoms with Crippen LogP contribution in [0.1, 0.15) is 137 Å². The molecule has 1 N–H and O–H groups in total. The maximum atomic E-state index is 12.9. The molecule has 206 valence electrons. The Morgan fingerprint density at radius 2 is 1.49 bits per heavy atom. The monoisotopic (exact) mass is 497 g/mol. The molecule has 6 heteroatoms. The minimum absolute atomic E-state index is 0.0419. The zero-order valence-electron chi connectivity index (χ0n) is 23.4. The van der Waals surface area contributed by atoms with Crippen molar-refractivity contribution in [3.05, 3.63) is 0 Å². The highest BCUT2D eigenvalue weighted by atomic mass is 16.6. The second kappa shape index (κ2) is 20.0. The van der Waals surface area contributed by atoms with E-state index >= 15 is 0 Å². The highest BCUT2D eigenvalue weighted by Crippen LogP contribution is 2.32. The molecule has 0 aliphatic carbocycles. The summed E-state index contributed by atoms with van der Waals surface area (Å²) in [6.07, 6.45) is 18.5. The second-order valence-corrected chi connectivity index (χ2v) is 10.8. The van der Waals surface area contributed by atoms with Crippen LogP contribution in [-0.4, -0.2) is 37.3 Å². The number of hydrogen-bond acceptors (Lipinski definition) is 6. The molecule has 0 aromatic carbocycles. The zero-order chi connectivity index (χ0) is 25.9. The standard InChI is InChI=1S/C29H55NO5/c1-6-8-10-12-13-14-15-16-17-19-24(34-29(32)26(30-33-5)21-23(3)4)22-27-25(28(31)35-27)20-18-11-9-7-2/h23-27,30H,6-22H2,1-5H3/t24?,25-,26+,27?/m0/s1. The first-order valence-electron chi connectivity index (χ1n) is 14.6. The Morgan fingerprint density at radius 1 is 0.914 bits per heavy atom. The van der Waals surface area contributed by atoms with E-state index in [0.717, 1.165) is 38.5 Å². The zero-order valence-corrected chi connectivity index (χ0v) is 23.4. The maximum absolute atomic E-state index is 12.9. The first-order chi connectivity index (χ1) is 16.9. The number of ether oxygens (including phenoxy) is 2. The van der Waals surface area contributed by atoms with Crippen LogP contribution in [0.2, 0.25) is 0 Å². The molecule has 0 aromatic heterocycles. The molecule has 2 unspecified atom stereocenters. The average Bonchev–Trinajstić information content (AvgIpc) is 2.81. The van der Waals surface area contributed by atoms with E-state index in [1.165, 1.54) is 64.9 Å². The van der Waals surface area contributed by atoms with Gasteiger partial charge >= 0.3 is 11.9 Å². The van der Waals surface area contributed by atoms with E-state index in [2.05, 4.69) is 33.2 Å². The summed E-state index contributed by atoms with van der Waals surface area (Å²) in [6.45, 7) is 8.60. The van der Waals surface area contributed by atoms with Crippen molar-refractivity contribution in [2.75, 3.05) is 7.11 Å². The number of carbonyl (C=O) groups is 2. The molecule has 6 nitrogen and oxygen atoms in total. The fourth-order valence-electron chi connectivity index (χ4n) is 4.92. The fraction of sp³-hybridized carbons (Fsp3) is 0.931. The second-order valence-electron chi connectivity index (χ2n) is 10.8. The lowest BCUT2D eigenvalue weighted by Gasteiger charge is -2.37. The number of esters is 2. The summed E-state index contributed by atoms with van der Waals surface area (Å²) in [5, 5.41) is 0.